The number of hydrogen-bond acceptors (Lipinski definition) is 1. The minimum absolute atomic E-state index is 0.0935. The Bertz CT molecular complexity index is 200. The van der Waals surface area contributed by atoms with Crippen molar-refractivity contribution in [3.8, 4) is 12.3 Å². The van der Waals surface area contributed by atoms with Crippen LogP contribution in [0.25, 0.3) is 0 Å². The average Bonchev–Trinajstić information content (AvgIpc) is 1.94. The Balaban J connectivity index is 3.48. The van der Waals surface area contributed by atoms with Gasteiger partial charge in [0.25, 0.3) is 0 Å². The first-order chi connectivity index (χ1) is 5.95. The fraction of sp³-hybridized carbons (Fsp3) is 0.700. The molecule has 3 heteroatoms. The van der Waals surface area contributed by atoms with Crippen LogP contribution in [-0.2, 0) is 0 Å². The predicted molar refractivity (Wildman–Crippen MR) is 59.5 cm³/mol. The molecule has 0 fully saturated rings. The molecule has 0 bridgehead atoms. The van der Waals surface area contributed by atoms with E-state index in [-0.39, 0.29) is 10.8 Å². The number of hydrogen-bond donors (Lipinski definition) is 1. The fourth-order valence-electron chi connectivity index (χ4n) is 0.777. The Morgan fingerprint density at radius 3 is 2.62 bits per heavy atom. The number of nitrogens with one attached hydrogen (secondary N) is 1. The van der Waals surface area contributed by atoms with Gasteiger partial charge in [0, 0.05) is 13.0 Å². The van der Waals surface area contributed by atoms with Gasteiger partial charge in [0.15, 0.2) is 0 Å². The zero-order chi connectivity index (χ0) is 10.3. The van der Waals surface area contributed by atoms with Crippen LogP contribution in [-0.4, -0.2) is 17.3 Å². The van der Waals surface area contributed by atoms with Crippen LogP contribution >= 0.6 is 8.58 Å². The Labute approximate surface area is 82.6 Å². The van der Waals surface area contributed by atoms with Crippen molar-refractivity contribution < 1.29 is 4.79 Å². The van der Waals surface area contributed by atoms with Gasteiger partial charge in [0.05, 0.1) is 0 Å². The van der Waals surface area contributed by atoms with E-state index >= 15 is 0 Å². The summed E-state index contributed by atoms with van der Waals surface area (Å²) < 4.78 is 0. The Hall–Kier alpha value is -0.540. The van der Waals surface area contributed by atoms with E-state index in [9.17, 15) is 4.79 Å². The summed E-state index contributed by atoms with van der Waals surface area (Å²) in [6.07, 6.45) is 6.69. The standard InChI is InChI=1S/C10H18NOP/c1-5-6-7-8-11-9(12)13-10(2,3)4/h1,13H,6-8H2,2-4H3,(H,11,12). The molecule has 74 valence electrons. The van der Waals surface area contributed by atoms with Crippen molar-refractivity contribution in [3.63, 3.8) is 0 Å². The quantitative estimate of drug-likeness (QED) is 0.421. The van der Waals surface area contributed by atoms with Gasteiger partial charge in [-0.05, 0) is 20.2 Å². The molecule has 1 N–H and O–H groups in total. The van der Waals surface area contributed by atoms with Crippen LogP contribution in [0.2, 0.25) is 0 Å². The number of rotatable bonds is 4. The first-order valence-corrected chi connectivity index (χ1v) is 5.45. The Morgan fingerprint density at radius 1 is 1.54 bits per heavy atom. The highest BCUT2D eigenvalue weighted by Gasteiger charge is 2.14. The van der Waals surface area contributed by atoms with Crippen LogP contribution in [0.5, 0.6) is 0 Å². The first kappa shape index (κ1) is 12.5. The number of carbonyl (C=O) groups excluding carboxylic acids is 1. The monoisotopic (exact) mass is 199 g/mol. The summed E-state index contributed by atoms with van der Waals surface area (Å²) in [5, 5.41) is 2.95. The van der Waals surface area contributed by atoms with Crippen molar-refractivity contribution in [3.05, 3.63) is 0 Å². The molecule has 0 spiro atoms. The molecule has 0 aromatic heterocycles. The molecule has 2 nitrogen and oxygen atoms in total. The van der Waals surface area contributed by atoms with Crippen LogP contribution in [0.15, 0.2) is 0 Å². The van der Waals surface area contributed by atoms with Gasteiger partial charge in [-0.15, -0.1) is 12.3 Å². The van der Waals surface area contributed by atoms with Gasteiger partial charge in [-0.2, -0.15) is 0 Å². The number of amides is 1. The molecule has 0 aliphatic rings. The third-order valence-electron chi connectivity index (χ3n) is 1.27. The zero-order valence-corrected chi connectivity index (χ0v) is 9.61. The maximum absolute atomic E-state index is 11.3. The average molecular weight is 199 g/mol. The van der Waals surface area contributed by atoms with Crippen molar-refractivity contribution in [1.29, 1.82) is 0 Å². The topological polar surface area (TPSA) is 29.1 Å². The summed E-state index contributed by atoms with van der Waals surface area (Å²) in [5.41, 5.74) is 0.143. The highest BCUT2D eigenvalue weighted by atomic mass is 31.1. The van der Waals surface area contributed by atoms with E-state index in [0.717, 1.165) is 12.8 Å². The molecule has 1 unspecified atom stereocenters. The normalized spacial score (nSPS) is 11.5. The fourth-order valence-corrected chi connectivity index (χ4v) is 1.67. The maximum atomic E-state index is 11.3. The highest BCUT2D eigenvalue weighted by Crippen LogP contribution is 2.30. The van der Waals surface area contributed by atoms with Gasteiger partial charge in [0.2, 0.25) is 5.65 Å². The summed E-state index contributed by atoms with van der Waals surface area (Å²) in [5.74, 6) is 2.54. The number of carbonyl (C=O) groups is 1. The van der Waals surface area contributed by atoms with Gasteiger partial charge in [-0.1, -0.05) is 20.8 Å². The second-order valence-corrected chi connectivity index (χ2v) is 6.14. The second-order valence-electron chi connectivity index (χ2n) is 3.94. The zero-order valence-electron chi connectivity index (χ0n) is 8.61. The lowest BCUT2D eigenvalue weighted by Crippen LogP contribution is -2.22. The molecule has 0 heterocycles. The molecular formula is C10H18NOP. The van der Waals surface area contributed by atoms with Crippen molar-refractivity contribution in [1.82, 2.24) is 5.32 Å². The summed E-state index contributed by atoms with van der Waals surface area (Å²) in [7, 11) is 0.326. The largest absolute Gasteiger partial charge is 0.353 e. The summed E-state index contributed by atoms with van der Waals surface area (Å²) >= 11 is 0. The van der Waals surface area contributed by atoms with Crippen LogP contribution in [0.3, 0.4) is 0 Å². The highest BCUT2D eigenvalue weighted by molar-refractivity contribution is 7.59. The van der Waals surface area contributed by atoms with Crippen LogP contribution in [0.4, 0.5) is 4.79 Å². The third kappa shape index (κ3) is 9.37. The molecule has 0 aliphatic carbocycles. The molecule has 1 amide bonds. The SMILES string of the molecule is C#CCCCNC(=O)PC(C)(C)C. The molecule has 13 heavy (non-hydrogen) atoms. The lowest BCUT2D eigenvalue weighted by molar-refractivity contribution is 0.260. The van der Waals surface area contributed by atoms with Crippen molar-refractivity contribution in [2.75, 3.05) is 6.54 Å². The lowest BCUT2D eigenvalue weighted by Gasteiger charge is -2.16. The molecule has 0 saturated heterocycles. The van der Waals surface area contributed by atoms with Gasteiger partial charge >= 0.3 is 0 Å². The maximum Gasteiger partial charge on any atom is 0.238 e. The van der Waals surface area contributed by atoms with E-state index in [1.54, 1.807) is 0 Å². The number of terminal acetylenes is 1. The predicted octanol–water partition coefficient (Wildman–Crippen LogP) is 2.59. The van der Waals surface area contributed by atoms with Crippen molar-refractivity contribution >= 4 is 14.2 Å². The van der Waals surface area contributed by atoms with E-state index in [4.69, 9.17) is 6.42 Å². The molecule has 0 aromatic rings. The van der Waals surface area contributed by atoms with Crippen molar-refractivity contribution in [2.45, 2.75) is 38.8 Å². The van der Waals surface area contributed by atoms with Gasteiger partial charge in [-0.25, -0.2) is 0 Å². The summed E-state index contributed by atoms with van der Waals surface area (Å²) in [6.45, 7) is 6.89. The lowest BCUT2D eigenvalue weighted by atomic mass is 10.3. The van der Waals surface area contributed by atoms with E-state index in [0.29, 0.717) is 15.1 Å². The van der Waals surface area contributed by atoms with E-state index in [1.807, 2.05) is 0 Å². The van der Waals surface area contributed by atoms with Crippen LogP contribution in [0, 0.1) is 12.3 Å². The summed E-state index contributed by atoms with van der Waals surface area (Å²) in [4.78, 5) is 11.3. The Morgan fingerprint density at radius 2 is 2.15 bits per heavy atom. The van der Waals surface area contributed by atoms with E-state index in [1.165, 1.54) is 0 Å². The second kappa shape index (κ2) is 6.00. The molecule has 0 aromatic carbocycles. The first-order valence-electron chi connectivity index (χ1n) is 4.45. The van der Waals surface area contributed by atoms with Crippen molar-refractivity contribution in [2.24, 2.45) is 0 Å². The van der Waals surface area contributed by atoms with Gasteiger partial charge in [0.1, 0.15) is 0 Å². The molecule has 0 radical (unpaired) electrons. The van der Waals surface area contributed by atoms with E-state index < -0.39 is 0 Å². The third-order valence-corrected chi connectivity index (χ3v) is 2.43. The molecule has 0 saturated carbocycles. The molecule has 0 rings (SSSR count). The smallest absolute Gasteiger partial charge is 0.238 e. The molecular weight excluding hydrogens is 181 g/mol. The minimum atomic E-state index is 0.0935. The molecule has 0 aliphatic heterocycles. The summed E-state index contributed by atoms with van der Waals surface area (Å²) in [6, 6.07) is 0. The van der Waals surface area contributed by atoms with Gasteiger partial charge < -0.3 is 5.32 Å². The van der Waals surface area contributed by atoms with Crippen LogP contribution < -0.4 is 5.32 Å². The van der Waals surface area contributed by atoms with E-state index in [2.05, 4.69) is 32.0 Å². The minimum Gasteiger partial charge on any atom is -0.353 e. The van der Waals surface area contributed by atoms with Gasteiger partial charge in [-0.3, -0.25) is 4.79 Å². The Kier molecular flexibility index (Phi) is 5.75. The van der Waals surface area contributed by atoms with Crippen LogP contribution in [0.1, 0.15) is 33.6 Å². The number of unbranched alkanes of at least 4 members (excludes halogenated alkanes) is 1. The molecule has 1 atom stereocenters.